The number of hydrogen-bond donors (Lipinski definition) is 2. The lowest BCUT2D eigenvalue weighted by Gasteiger charge is -2.07. The highest BCUT2D eigenvalue weighted by Gasteiger charge is 2.21. The minimum atomic E-state index is -1.30. The number of pyridine rings is 1. The van der Waals surface area contributed by atoms with Crippen molar-refractivity contribution in [3.05, 3.63) is 22.2 Å². The predicted molar refractivity (Wildman–Crippen MR) is 49.0 cm³/mol. The minimum Gasteiger partial charge on any atom is -0.501 e. The molecule has 0 aromatic carbocycles. The number of nitro groups is 1. The van der Waals surface area contributed by atoms with Crippen molar-refractivity contribution in [1.82, 2.24) is 4.98 Å². The number of carboxylic acid groups (broad SMARTS) is 1. The molecule has 0 saturated heterocycles. The molecule has 1 aromatic heterocycles. The number of anilines is 1. The maximum absolute atomic E-state index is 10.5. The zero-order valence-corrected chi connectivity index (χ0v) is 7.62. The molecule has 0 aliphatic carbocycles. The fourth-order valence-electron chi connectivity index (χ4n) is 0.850. The summed E-state index contributed by atoms with van der Waals surface area (Å²) in [7, 11) is 1.19. The van der Waals surface area contributed by atoms with E-state index in [1.54, 1.807) is 0 Å². The summed E-state index contributed by atoms with van der Waals surface area (Å²) in [5.41, 5.74) is 0. The average Bonchev–Trinajstić information content (AvgIpc) is 2.16. The molecule has 80 valence electrons. The van der Waals surface area contributed by atoms with Gasteiger partial charge in [-0.2, -0.15) is 0 Å². The minimum absolute atomic E-state index is 0.132. The normalized spacial score (nSPS) is 9.67. The molecule has 0 bridgehead atoms. The van der Waals surface area contributed by atoms with Gasteiger partial charge in [-0.1, -0.05) is 0 Å². The maximum atomic E-state index is 10.5. The zero-order chi connectivity index (χ0) is 11.6. The Morgan fingerprint density at radius 1 is 1.60 bits per heavy atom. The van der Waals surface area contributed by atoms with Crippen LogP contribution in [0.2, 0.25) is 0 Å². The van der Waals surface area contributed by atoms with Gasteiger partial charge in [-0.05, 0) is 16.0 Å². The largest absolute Gasteiger partial charge is 0.501 e. The fourth-order valence-corrected chi connectivity index (χ4v) is 0.850. The first-order valence-corrected chi connectivity index (χ1v) is 3.74. The van der Waals surface area contributed by atoms with Crippen molar-refractivity contribution >= 4 is 17.7 Å². The van der Waals surface area contributed by atoms with Crippen LogP contribution in [0.1, 0.15) is 0 Å². The van der Waals surface area contributed by atoms with Crippen molar-refractivity contribution in [2.24, 2.45) is 0 Å². The first-order chi connectivity index (χ1) is 6.93. The molecule has 0 aliphatic rings. The number of aromatic nitrogens is 1. The number of carbonyl (C=O) groups is 1. The summed E-state index contributed by atoms with van der Waals surface area (Å²) < 4.78 is 0. The van der Waals surface area contributed by atoms with E-state index in [1.165, 1.54) is 7.05 Å². The second-order valence-electron chi connectivity index (χ2n) is 2.61. The lowest BCUT2D eigenvalue weighted by molar-refractivity contribution is -0.390. The van der Waals surface area contributed by atoms with Crippen molar-refractivity contribution in [3.63, 3.8) is 0 Å². The molecular weight excluding hydrogens is 206 g/mol. The van der Waals surface area contributed by atoms with Crippen LogP contribution >= 0.6 is 0 Å². The van der Waals surface area contributed by atoms with Gasteiger partial charge in [0.25, 0.3) is 5.82 Å². The molecule has 0 saturated carbocycles. The third-order valence-corrected chi connectivity index (χ3v) is 1.64. The third-order valence-electron chi connectivity index (χ3n) is 1.64. The molecule has 0 unspecified atom stereocenters. The van der Waals surface area contributed by atoms with Gasteiger partial charge in [0.05, 0.1) is 0 Å². The second kappa shape index (κ2) is 3.78. The molecule has 0 radical (unpaired) electrons. The smallest absolute Gasteiger partial charge is 0.414 e. The topological polar surface area (TPSA) is 117 Å². The van der Waals surface area contributed by atoms with Crippen molar-refractivity contribution in [2.45, 2.75) is 0 Å². The van der Waals surface area contributed by atoms with E-state index in [2.05, 4.69) is 4.98 Å². The van der Waals surface area contributed by atoms with Crippen LogP contribution in [0.25, 0.3) is 0 Å². The van der Waals surface area contributed by atoms with Gasteiger partial charge in [0.1, 0.15) is 0 Å². The molecule has 8 nitrogen and oxygen atoms in total. The van der Waals surface area contributed by atoms with Crippen LogP contribution in [0.3, 0.4) is 0 Å². The zero-order valence-electron chi connectivity index (χ0n) is 7.62. The SMILES string of the molecule is CN(C(=O)O)c1ccc(O)c([N+](=O)[O-])n1. The first-order valence-electron chi connectivity index (χ1n) is 3.74. The summed E-state index contributed by atoms with van der Waals surface area (Å²) in [5, 5.41) is 28.0. The van der Waals surface area contributed by atoms with E-state index in [-0.39, 0.29) is 5.82 Å². The van der Waals surface area contributed by atoms with Crippen molar-refractivity contribution in [2.75, 3.05) is 11.9 Å². The van der Waals surface area contributed by atoms with Gasteiger partial charge in [0.2, 0.25) is 5.75 Å². The molecular formula is C7H7N3O5. The van der Waals surface area contributed by atoms with Crippen LogP contribution in [-0.2, 0) is 0 Å². The predicted octanol–water partition coefficient (Wildman–Crippen LogP) is 0.810. The lowest BCUT2D eigenvalue weighted by Crippen LogP contribution is -2.24. The molecule has 0 aliphatic heterocycles. The lowest BCUT2D eigenvalue weighted by atomic mass is 10.4. The van der Waals surface area contributed by atoms with E-state index in [1.807, 2.05) is 0 Å². The summed E-state index contributed by atoms with van der Waals surface area (Å²) in [5.74, 6) is -1.52. The fraction of sp³-hybridized carbons (Fsp3) is 0.143. The van der Waals surface area contributed by atoms with E-state index in [0.717, 1.165) is 12.1 Å². The first kappa shape index (κ1) is 10.7. The van der Waals surface area contributed by atoms with Crippen LogP contribution in [0, 0.1) is 10.1 Å². The number of hydrogen-bond acceptors (Lipinski definition) is 5. The van der Waals surface area contributed by atoms with E-state index < -0.39 is 22.6 Å². The monoisotopic (exact) mass is 213 g/mol. The van der Waals surface area contributed by atoms with E-state index in [9.17, 15) is 14.9 Å². The average molecular weight is 213 g/mol. The summed E-state index contributed by atoms with van der Waals surface area (Å²) in [6.45, 7) is 0. The molecule has 2 N–H and O–H groups in total. The number of aromatic hydroxyl groups is 1. The Morgan fingerprint density at radius 2 is 2.20 bits per heavy atom. The standard InChI is InChI=1S/C7H7N3O5/c1-9(7(12)13)5-3-2-4(11)6(8-5)10(14)15/h2-3,11H,1H3,(H,12,13). The molecule has 1 rings (SSSR count). The van der Waals surface area contributed by atoms with E-state index in [0.29, 0.717) is 4.90 Å². The van der Waals surface area contributed by atoms with Crippen LogP contribution in [0.15, 0.2) is 12.1 Å². The Labute approximate surface area is 83.5 Å². The van der Waals surface area contributed by atoms with Gasteiger partial charge in [-0.15, -0.1) is 0 Å². The number of nitrogens with zero attached hydrogens (tertiary/aromatic N) is 3. The van der Waals surface area contributed by atoms with E-state index in [4.69, 9.17) is 10.2 Å². The summed E-state index contributed by atoms with van der Waals surface area (Å²) in [6, 6.07) is 2.18. The molecule has 8 heteroatoms. The van der Waals surface area contributed by atoms with Gasteiger partial charge in [-0.25, -0.2) is 9.69 Å². The second-order valence-corrected chi connectivity index (χ2v) is 2.61. The molecule has 0 atom stereocenters. The molecule has 1 amide bonds. The molecule has 0 spiro atoms. The Balaban J connectivity index is 3.18. The Hall–Kier alpha value is -2.38. The van der Waals surface area contributed by atoms with Gasteiger partial charge in [0.15, 0.2) is 0 Å². The highest BCUT2D eigenvalue weighted by Crippen LogP contribution is 2.25. The highest BCUT2D eigenvalue weighted by atomic mass is 16.6. The Kier molecular flexibility index (Phi) is 2.70. The van der Waals surface area contributed by atoms with Crippen LogP contribution in [0.5, 0.6) is 5.75 Å². The van der Waals surface area contributed by atoms with Crippen LogP contribution < -0.4 is 4.90 Å². The van der Waals surface area contributed by atoms with Gasteiger partial charge in [-0.3, -0.25) is 0 Å². The van der Waals surface area contributed by atoms with Crippen molar-refractivity contribution in [3.8, 4) is 5.75 Å². The highest BCUT2D eigenvalue weighted by molar-refractivity contribution is 5.84. The quantitative estimate of drug-likeness (QED) is 0.554. The maximum Gasteiger partial charge on any atom is 0.414 e. The summed E-state index contributed by atoms with van der Waals surface area (Å²) in [6.07, 6.45) is -1.30. The van der Waals surface area contributed by atoms with Crippen molar-refractivity contribution < 1.29 is 19.9 Å². The van der Waals surface area contributed by atoms with Crippen LogP contribution in [0.4, 0.5) is 16.4 Å². The van der Waals surface area contributed by atoms with Crippen LogP contribution in [-0.4, -0.2) is 33.3 Å². The van der Waals surface area contributed by atoms with E-state index >= 15 is 0 Å². The van der Waals surface area contributed by atoms with Gasteiger partial charge >= 0.3 is 11.9 Å². The summed E-state index contributed by atoms with van der Waals surface area (Å²) in [4.78, 5) is 24.1. The third kappa shape index (κ3) is 2.10. The molecule has 1 aromatic rings. The molecule has 15 heavy (non-hydrogen) atoms. The molecule has 0 fully saturated rings. The number of amides is 1. The Bertz CT molecular complexity index is 419. The Morgan fingerprint density at radius 3 is 2.67 bits per heavy atom. The van der Waals surface area contributed by atoms with Gasteiger partial charge in [0, 0.05) is 13.1 Å². The van der Waals surface area contributed by atoms with Crippen molar-refractivity contribution in [1.29, 1.82) is 0 Å². The summed E-state index contributed by atoms with van der Waals surface area (Å²) >= 11 is 0. The molecule has 1 heterocycles. The van der Waals surface area contributed by atoms with Gasteiger partial charge < -0.3 is 20.3 Å². The number of rotatable bonds is 2.